The molecule has 0 aromatic heterocycles. The Kier molecular flexibility index (Phi) is 17.1. The lowest BCUT2D eigenvalue weighted by Crippen LogP contribution is -2.40. The summed E-state index contributed by atoms with van der Waals surface area (Å²) in [6.45, 7) is 3.06. The van der Waals surface area contributed by atoms with Gasteiger partial charge in [0.25, 0.3) is 0 Å². The number of phenolic OH excluding ortho intramolecular Hbond substituents is 1. The minimum Gasteiger partial charge on any atom is -0.508 e. The van der Waals surface area contributed by atoms with E-state index in [-0.39, 0.29) is 17.8 Å². The molecule has 0 saturated heterocycles. The maximum atomic E-state index is 12.0. The molecular weight excluding hydrogens is 398 g/mol. The van der Waals surface area contributed by atoms with Crippen molar-refractivity contribution in [1.82, 2.24) is 5.32 Å². The SMILES string of the molecule is CCCCC/C=C\C/C=C\CCCCCCCCN[C@@H](Cc1ccc(O)cc1)C(=O)OC. The predicted molar refractivity (Wildman–Crippen MR) is 135 cm³/mol. The van der Waals surface area contributed by atoms with E-state index in [9.17, 15) is 9.90 Å². The van der Waals surface area contributed by atoms with Crippen molar-refractivity contribution in [3.63, 3.8) is 0 Å². The first kappa shape index (κ1) is 28.0. The summed E-state index contributed by atoms with van der Waals surface area (Å²) in [7, 11) is 1.42. The summed E-state index contributed by atoms with van der Waals surface area (Å²) in [6.07, 6.45) is 24.5. The molecule has 32 heavy (non-hydrogen) atoms. The number of rotatable bonds is 19. The Hall–Kier alpha value is -2.07. The third-order valence-corrected chi connectivity index (χ3v) is 5.63. The second kappa shape index (κ2) is 19.6. The summed E-state index contributed by atoms with van der Waals surface area (Å²) >= 11 is 0. The number of ether oxygens (including phenoxy) is 1. The number of carbonyl (C=O) groups is 1. The molecule has 4 heteroatoms. The van der Waals surface area contributed by atoms with E-state index in [0.29, 0.717) is 6.42 Å². The first-order valence-corrected chi connectivity index (χ1v) is 12.6. The second-order valence-electron chi connectivity index (χ2n) is 8.48. The van der Waals surface area contributed by atoms with Crippen molar-refractivity contribution >= 4 is 5.97 Å². The fourth-order valence-corrected chi connectivity index (χ4v) is 3.64. The van der Waals surface area contributed by atoms with Crippen LogP contribution < -0.4 is 5.32 Å². The first-order valence-electron chi connectivity index (χ1n) is 12.6. The van der Waals surface area contributed by atoms with E-state index >= 15 is 0 Å². The molecule has 0 aliphatic rings. The molecule has 0 heterocycles. The van der Waals surface area contributed by atoms with Gasteiger partial charge in [-0.1, -0.05) is 81.9 Å². The quantitative estimate of drug-likeness (QED) is 0.139. The summed E-state index contributed by atoms with van der Waals surface area (Å²) < 4.78 is 4.93. The Bertz CT molecular complexity index is 637. The summed E-state index contributed by atoms with van der Waals surface area (Å²) in [5, 5.41) is 12.7. The van der Waals surface area contributed by atoms with E-state index in [1.807, 2.05) is 12.1 Å². The summed E-state index contributed by atoms with van der Waals surface area (Å²) in [4.78, 5) is 12.0. The molecule has 0 bridgehead atoms. The number of hydrogen-bond acceptors (Lipinski definition) is 4. The number of phenols is 1. The van der Waals surface area contributed by atoms with Crippen LogP contribution in [0.3, 0.4) is 0 Å². The topological polar surface area (TPSA) is 58.6 Å². The molecule has 0 aliphatic heterocycles. The third-order valence-electron chi connectivity index (χ3n) is 5.63. The van der Waals surface area contributed by atoms with Crippen molar-refractivity contribution in [1.29, 1.82) is 0 Å². The summed E-state index contributed by atoms with van der Waals surface area (Å²) in [6, 6.07) is 6.63. The molecule has 0 saturated carbocycles. The molecular formula is C28H45NO3. The van der Waals surface area contributed by atoms with E-state index in [1.54, 1.807) is 12.1 Å². The van der Waals surface area contributed by atoms with Crippen LogP contribution in [0.2, 0.25) is 0 Å². The lowest BCUT2D eigenvalue weighted by Gasteiger charge is -2.16. The average molecular weight is 444 g/mol. The lowest BCUT2D eigenvalue weighted by molar-refractivity contribution is -0.143. The van der Waals surface area contributed by atoms with Crippen LogP contribution in [0.15, 0.2) is 48.6 Å². The van der Waals surface area contributed by atoms with Gasteiger partial charge in [-0.3, -0.25) is 4.79 Å². The van der Waals surface area contributed by atoms with Gasteiger partial charge in [-0.05, 0) is 69.2 Å². The highest BCUT2D eigenvalue weighted by atomic mass is 16.5. The molecule has 1 rings (SSSR count). The van der Waals surface area contributed by atoms with Gasteiger partial charge in [-0.15, -0.1) is 0 Å². The van der Waals surface area contributed by atoms with E-state index in [4.69, 9.17) is 4.74 Å². The Balaban J connectivity index is 2.02. The van der Waals surface area contributed by atoms with Crippen molar-refractivity contribution in [2.45, 2.75) is 96.4 Å². The maximum absolute atomic E-state index is 12.0. The Morgan fingerprint density at radius 3 is 2.12 bits per heavy atom. The van der Waals surface area contributed by atoms with Crippen LogP contribution in [-0.4, -0.2) is 30.8 Å². The lowest BCUT2D eigenvalue weighted by atomic mass is 10.1. The van der Waals surface area contributed by atoms with Gasteiger partial charge in [0.15, 0.2) is 0 Å². The summed E-state index contributed by atoms with van der Waals surface area (Å²) in [5.41, 5.74) is 1.00. The van der Waals surface area contributed by atoms with Crippen LogP contribution in [0.5, 0.6) is 5.75 Å². The number of unbranched alkanes of at least 4 members (excludes halogenated alkanes) is 9. The molecule has 1 aromatic carbocycles. The third kappa shape index (κ3) is 14.9. The van der Waals surface area contributed by atoms with Gasteiger partial charge in [-0.25, -0.2) is 0 Å². The fourth-order valence-electron chi connectivity index (χ4n) is 3.64. The number of esters is 1. The molecule has 1 aromatic rings. The highest BCUT2D eigenvalue weighted by molar-refractivity contribution is 5.76. The Morgan fingerprint density at radius 2 is 1.50 bits per heavy atom. The summed E-state index contributed by atoms with van der Waals surface area (Å²) in [5.74, 6) is -0.00390. The molecule has 0 fully saturated rings. The monoisotopic (exact) mass is 443 g/mol. The van der Waals surface area contributed by atoms with E-state index in [0.717, 1.165) is 24.9 Å². The van der Waals surface area contributed by atoms with Crippen molar-refractivity contribution < 1.29 is 14.6 Å². The first-order chi connectivity index (χ1) is 15.7. The number of benzene rings is 1. The van der Waals surface area contributed by atoms with Crippen LogP contribution in [0, 0.1) is 0 Å². The van der Waals surface area contributed by atoms with Crippen LogP contribution in [0.25, 0.3) is 0 Å². The van der Waals surface area contributed by atoms with Crippen molar-refractivity contribution in [2.75, 3.05) is 13.7 Å². The molecule has 0 aliphatic carbocycles. The van der Waals surface area contributed by atoms with Crippen molar-refractivity contribution in [3.05, 3.63) is 54.1 Å². The fraction of sp³-hybridized carbons (Fsp3) is 0.607. The minimum absolute atomic E-state index is 0.234. The second-order valence-corrected chi connectivity index (χ2v) is 8.48. The number of nitrogens with one attached hydrogen (secondary N) is 1. The highest BCUT2D eigenvalue weighted by Gasteiger charge is 2.18. The smallest absolute Gasteiger partial charge is 0.323 e. The van der Waals surface area contributed by atoms with Gasteiger partial charge in [0, 0.05) is 0 Å². The zero-order chi connectivity index (χ0) is 23.3. The maximum Gasteiger partial charge on any atom is 0.323 e. The highest BCUT2D eigenvalue weighted by Crippen LogP contribution is 2.12. The van der Waals surface area contributed by atoms with Crippen LogP contribution >= 0.6 is 0 Å². The van der Waals surface area contributed by atoms with Gasteiger partial charge in [0.1, 0.15) is 11.8 Å². The van der Waals surface area contributed by atoms with E-state index in [2.05, 4.69) is 36.5 Å². The number of allylic oxidation sites excluding steroid dienone is 4. The van der Waals surface area contributed by atoms with E-state index in [1.165, 1.54) is 71.3 Å². The number of carbonyl (C=O) groups excluding carboxylic acids is 1. The van der Waals surface area contributed by atoms with Crippen LogP contribution in [0.1, 0.15) is 89.5 Å². The number of methoxy groups -OCH3 is 1. The zero-order valence-electron chi connectivity index (χ0n) is 20.4. The molecule has 0 spiro atoms. The minimum atomic E-state index is -0.345. The van der Waals surface area contributed by atoms with Crippen molar-refractivity contribution in [2.24, 2.45) is 0 Å². The van der Waals surface area contributed by atoms with E-state index < -0.39 is 0 Å². The standard InChI is InChI=1S/C28H45NO3/c1-3-4-5-6-7-8-9-10-11-12-13-14-15-16-17-18-23-29-27(28(31)32-2)24-25-19-21-26(30)22-20-25/h7-8,10-11,19-22,27,29-30H,3-6,9,12-18,23-24H2,1-2H3/b8-7-,11-10-/t27-/m0/s1. The van der Waals surface area contributed by atoms with Gasteiger partial charge in [0.2, 0.25) is 0 Å². The predicted octanol–water partition coefficient (Wildman–Crippen LogP) is 6.88. The van der Waals surface area contributed by atoms with Crippen LogP contribution in [0.4, 0.5) is 0 Å². The number of hydrogen-bond donors (Lipinski definition) is 2. The zero-order valence-corrected chi connectivity index (χ0v) is 20.4. The molecule has 0 unspecified atom stereocenters. The average Bonchev–Trinajstić information content (AvgIpc) is 2.81. The van der Waals surface area contributed by atoms with Gasteiger partial charge in [0.05, 0.1) is 7.11 Å². The van der Waals surface area contributed by atoms with Crippen LogP contribution in [-0.2, 0) is 16.0 Å². The van der Waals surface area contributed by atoms with Gasteiger partial charge in [-0.2, -0.15) is 0 Å². The molecule has 2 N–H and O–H groups in total. The van der Waals surface area contributed by atoms with Gasteiger partial charge >= 0.3 is 5.97 Å². The molecule has 0 amide bonds. The molecule has 4 nitrogen and oxygen atoms in total. The Morgan fingerprint density at radius 1 is 0.906 bits per heavy atom. The molecule has 0 radical (unpaired) electrons. The Labute approximate surface area is 196 Å². The molecule has 1 atom stereocenters. The van der Waals surface area contributed by atoms with Gasteiger partial charge < -0.3 is 15.2 Å². The largest absolute Gasteiger partial charge is 0.508 e. The molecule has 180 valence electrons. The normalized spacial score (nSPS) is 12.6. The number of aromatic hydroxyl groups is 1. The van der Waals surface area contributed by atoms with Crippen molar-refractivity contribution in [3.8, 4) is 5.75 Å².